The molecule has 0 saturated heterocycles. The fourth-order valence-electron chi connectivity index (χ4n) is 3.87. The summed E-state index contributed by atoms with van der Waals surface area (Å²) in [5.41, 5.74) is 3.56. The monoisotopic (exact) mass is 501 g/mol. The average molecular weight is 501 g/mol. The van der Waals surface area contributed by atoms with Crippen LogP contribution in [0.5, 0.6) is 0 Å². The maximum atomic E-state index is 13.3. The molecule has 0 unspecified atom stereocenters. The summed E-state index contributed by atoms with van der Waals surface area (Å²) in [4.78, 5) is 22.7. The lowest BCUT2D eigenvalue weighted by Gasteiger charge is -2.32. The van der Waals surface area contributed by atoms with Crippen molar-refractivity contribution in [3.8, 4) is 0 Å². The molecule has 29 heavy (non-hydrogen) atoms. The quantitative estimate of drug-likeness (QED) is 0.342. The number of amides is 1. The highest BCUT2D eigenvalue weighted by molar-refractivity contribution is 14.1. The molecule has 1 atom stereocenters. The van der Waals surface area contributed by atoms with E-state index in [2.05, 4.69) is 42.8 Å². The average Bonchev–Trinajstić information content (AvgIpc) is 3.13. The van der Waals surface area contributed by atoms with Crippen molar-refractivity contribution in [1.29, 1.82) is 0 Å². The number of rotatable bonds is 3. The Labute approximate surface area is 178 Å². The van der Waals surface area contributed by atoms with Crippen LogP contribution < -0.4 is 0 Å². The number of hydrogen-bond acceptors (Lipinski definition) is 6. The molecule has 2 aliphatic rings. The Balaban J connectivity index is 1.44. The molecule has 1 aliphatic heterocycles. The van der Waals surface area contributed by atoms with Gasteiger partial charge in [-0.2, -0.15) is 5.10 Å². The molecule has 10 heteroatoms. The molecule has 0 spiro atoms. The number of H-pyrrole nitrogens is 1. The Kier molecular flexibility index (Phi) is 3.76. The lowest BCUT2D eigenvalue weighted by Crippen LogP contribution is -2.41. The number of aromatic nitrogens is 6. The maximum absolute atomic E-state index is 13.3. The Bertz CT molecular complexity index is 1240. The Hall–Kier alpha value is -2.76. The summed E-state index contributed by atoms with van der Waals surface area (Å²) in [5.74, 6) is 0.619. The molecule has 6 rings (SSSR count). The van der Waals surface area contributed by atoms with Crippen LogP contribution in [0.2, 0.25) is 0 Å². The number of carbonyl (C=O) groups excluding carboxylic acids is 1. The second-order valence-electron chi connectivity index (χ2n) is 7.39. The van der Waals surface area contributed by atoms with Gasteiger partial charge in [-0.05, 0) is 53.6 Å². The molecule has 0 radical (unpaired) electrons. The topological polar surface area (TPSA) is 105 Å². The SMILES string of the molecule is O=C(c1nnc(C2CC2)o1)N1CCc2[nH]cnc2[C@@H]1c1cc2cccc(I)n2n1. The normalized spacial score (nSPS) is 18.9. The molecule has 1 saturated carbocycles. The number of nitrogens with one attached hydrogen (secondary N) is 1. The summed E-state index contributed by atoms with van der Waals surface area (Å²) in [6.45, 7) is 0.519. The highest BCUT2D eigenvalue weighted by Crippen LogP contribution is 2.39. The van der Waals surface area contributed by atoms with E-state index in [0.29, 0.717) is 24.8 Å². The van der Waals surface area contributed by atoms with Crippen LogP contribution in [0.1, 0.15) is 58.5 Å². The zero-order chi connectivity index (χ0) is 19.5. The van der Waals surface area contributed by atoms with Gasteiger partial charge in [-0.1, -0.05) is 6.07 Å². The minimum atomic E-state index is -0.413. The molecule has 4 aromatic rings. The third-order valence-corrected chi connectivity index (χ3v) is 6.29. The van der Waals surface area contributed by atoms with Gasteiger partial charge in [0.25, 0.3) is 0 Å². The smallest absolute Gasteiger partial charge is 0.312 e. The third-order valence-electron chi connectivity index (χ3n) is 5.48. The largest absolute Gasteiger partial charge is 0.417 e. The van der Waals surface area contributed by atoms with Gasteiger partial charge in [-0.25, -0.2) is 9.50 Å². The second-order valence-corrected chi connectivity index (χ2v) is 8.50. The molecule has 5 heterocycles. The van der Waals surface area contributed by atoms with Gasteiger partial charge < -0.3 is 14.3 Å². The predicted molar refractivity (Wildman–Crippen MR) is 109 cm³/mol. The van der Waals surface area contributed by atoms with E-state index in [0.717, 1.165) is 39.1 Å². The second kappa shape index (κ2) is 6.37. The Morgan fingerprint density at radius 3 is 3.00 bits per heavy atom. The summed E-state index contributed by atoms with van der Waals surface area (Å²) in [7, 11) is 0. The van der Waals surface area contributed by atoms with Gasteiger partial charge in [0, 0.05) is 24.6 Å². The van der Waals surface area contributed by atoms with E-state index >= 15 is 0 Å². The van der Waals surface area contributed by atoms with Gasteiger partial charge in [0.1, 0.15) is 9.74 Å². The van der Waals surface area contributed by atoms with E-state index in [1.807, 2.05) is 28.8 Å². The van der Waals surface area contributed by atoms with E-state index in [-0.39, 0.29) is 11.8 Å². The lowest BCUT2D eigenvalue weighted by molar-refractivity contribution is 0.0644. The van der Waals surface area contributed by atoms with Crippen LogP contribution in [-0.4, -0.2) is 47.1 Å². The number of fused-ring (bicyclic) bond motifs is 2. The molecule has 1 aliphatic carbocycles. The highest BCUT2D eigenvalue weighted by Gasteiger charge is 2.39. The van der Waals surface area contributed by atoms with Crippen LogP contribution in [-0.2, 0) is 6.42 Å². The number of pyridine rings is 1. The lowest BCUT2D eigenvalue weighted by atomic mass is 9.99. The van der Waals surface area contributed by atoms with Crippen molar-refractivity contribution >= 4 is 34.0 Å². The molecular weight excluding hydrogens is 485 g/mol. The first-order chi connectivity index (χ1) is 14.2. The van der Waals surface area contributed by atoms with Gasteiger partial charge in [0.05, 0.1) is 23.2 Å². The van der Waals surface area contributed by atoms with Gasteiger partial charge >= 0.3 is 11.8 Å². The van der Waals surface area contributed by atoms with Crippen molar-refractivity contribution < 1.29 is 9.21 Å². The third kappa shape index (κ3) is 2.76. The van der Waals surface area contributed by atoms with E-state index in [4.69, 9.17) is 9.52 Å². The van der Waals surface area contributed by atoms with Gasteiger partial charge in [0.15, 0.2) is 0 Å². The Morgan fingerprint density at radius 2 is 2.17 bits per heavy atom. The molecular formula is C19H16IN7O2. The minimum absolute atomic E-state index is 0.0363. The van der Waals surface area contributed by atoms with Crippen LogP contribution in [0, 0.1) is 3.70 Å². The summed E-state index contributed by atoms with van der Waals surface area (Å²) >= 11 is 2.25. The summed E-state index contributed by atoms with van der Waals surface area (Å²) in [5, 5.41) is 12.9. The molecule has 1 N–H and O–H groups in total. The number of halogens is 1. The first kappa shape index (κ1) is 17.1. The van der Waals surface area contributed by atoms with Crippen molar-refractivity contribution in [3.63, 3.8) is 0 Å². The fourth-order valence-corrected chi connectivity index (χ4v) is 4.46. The zero-order valence-corrected chi connectivity index (χ0v) is 17.4. The van der Waals surface area contributed by atoms with E-state index in [1.165, 1.54) is 0 Å². The van der Waals surface area contributed by atoms with Crippen molar-refractivity contribution in [2.45, 2.75) is 31.2 Å². The van der Waals surface area contributed by atoms with E-state index in [1.54, 1.807) is 11.2 Å². The Morgan fingerprint density at radius 1 is 1.28 bits per heavy atom. The molecule has 4 aromatic heterocycles. The van der Waals surface area contributed by atoms with Crippen molar-refractivity contribution in [2.24, 2.45) is 0 Å². The van der Waals surface area contributed by atoms with Crippen molar-refractivity contribution in [1.82, 2.24) is 34.7 Å². The van der Waals surface area contributed by atoms with Crippen LogP contribution >= 0.6 is 22.6 Å². The molecule has 1 fully saturated rings. The fraction of sp³-hybridized carbons (Fsp3) is 0.316. The minimum Gasteiger partial charge on any atom is -0.417 e. The zero-order valence-electron chi connectivity index (χ0n) is 15.2. The van der Waals surface area contributed by atoms with Crippen LogP contribution in [0.3, 0.4) is 0 Å². The first-order valence-electron chi connectivity index (χ1n) is 9.50. The standard InChI is InChI=1S/C19H16IN7O2/c20-14-3-1-2-11-8-13(25-27(11)14)16-15-12(21-9-22-15)6-7-26(16)19(28)18-24-23-17(29-18)10-4-5-10/h1-3,8-10,16H,4-7H2,(H,21,22)/t16-/m0/s1. The molecule has 0 aromatic carbocycles. The van der Waals surface area contributed by atoms with Gasteiger partial charge in [-0.15, -0.1) is 10.2 Å². The first-order valence-corrected chi connectivity index (χ1v) is 10.6. The summed E-state index contributed by atoms with van der Waals surface area (Å²) < 4.78 is 8.55. The van der Waals surface area contributed by atoms with Crippen molar-refractivity contribution in [2.75, 3.05) is 6.54 Å². The molecule has 1 amide bonds. The van der Waals surface area contributed by atoms with Crippen LogP contribution in [0.25, 0.3) is 5.52 Å². The number of aromatic amines is 1. The van der Waals surface area contributed by atoms with Crippen molar-refractivity contribution in [3.05, 3.63) is 63.2 Å². The van der Waals surface area contributed by atoms with Crippen LogP contribution in [0.4, 0.5) is 0 Å². The number of carbonyl (C=O) groups is 1. The van der Waals surface area contributed by atoms with E-state index in [9.17, 15) is 4.79 Å². The maximum Gasteiger partial charge on any atom is 0.312 e. The summed E-state index contributed by atoms with van der Waals surface area (Å²) in [6.07, 6.45) is 4.44. The molecule has 146 valence electrons. The van der Waals surface area contributed by atoms with Gasteiger partial charge in [-0.3, -0.25) is 4.79 Å². The number of nitrogens with zero attached hydrogens (tertiary/aromatic N) is 6. The predicted octanol–water partition coefficient (Wildman–Crippen LogP) is 2.71. The highest BCUT2D eigenvalue weighted by atomic mass is 127. The summed E-state index contributed by atoms with van der Waals surface area (Å²) in [6, 6.07) is 7.57. The number of imidazole rings is 1. The molecule has 9 nitrogen and oxygen atoms in total. The molecule has 0 bridgehead atoms. The number of hydrogen-bond donors (Lipinski definition) is 1. The van der Waals surface area contributed by atoms with Crippen LogP contribution in [0.15, 0.2) is 35.0 Å². The van der Waals surface area contributed by atoms with Gasteiger partial charge in [0.2, 0.25) is 5.89 Å². The van der Waals surface area contributed by atoms with E-state index < -0.39 is 6.04 Å².